The lowest BCUT2D eigenvalue weighted by Gasteiger charge is -2.22. The number of esters is 1. The van der Waals surface area contributed by atoms with E-state index in [1.165, 1.54) is 26.2 Å². The summed E-state index contributed by atoms with van der Waals surface area (Å²) in [5, 5.41) is 0.691. The van der Waals surface area contributed by atoms with Crippen LogP contribution >= 0.6 is 11.8 Å². The molecule has 0 spiro atoms. The Morgan fingerprint density at radius 1 is 1.38 bits per heavy atom. The van der Waals surface area contributed by atoms with Crippen molar-refractivity contribution in [1.29, 1.82) is 0 Å². The molecule has 92 valence electrons. The van der Waals surface area contributed by atoms with Crippen LogP contribution in [0.4, 0.5) is 0 Å². The first-order valence-corrected chi connectivity index (χ1v) is 7.20. The first kappa shape index (κ1) is 12.3. The lowest BCUT2D eigenvalue weighted by molar-refractivity contribution is -0.144. The summed E-state index contributed by atoms with van der Waals surface area (Å²) >= 11 is 1.89. The summed E-state index contributed by atoms with van der Waals surface area (Å²) in [4.78, 5) is 11.1. The summed E-state index contributed by atoms with van der Waals surface area (Å²) in [6, 6.07) is 0. The predicted octanol–water partition coefficient (Wildman–Crippen LogP) is 3.45. The van der Waals surface area contributed by atoms with Crippen LogP contribution in [0.25, 0.3) is 0 Å². The minimum Gasteiger partial charge on any atom is -0.451 e. The maximum absolute atomic E-state index is 11.1. The summed E-state index contributed by atoms with van der Waals surface area (Å²) in [5.74, 6) is 1.22. The van der Waals surface area contributed by atoms with E-state index in [-0.39, 0.29) is 11.4 Å². The molecule has 1 saturated heterocycles. The molecule has 1 heterocycles. The largest absolute Gasteiger partial charge is 0.451 e. The zero-order chi connectivity index (χ0) is 11.9. The van der Waals surface area contributed by atoms with Gasteiger partial charge >= 0.3 is 5.97 Å². The van der Waals surface area contributed by atoms with Gasteiger partial charge in [-0.1, -0.05) is 20.8 Å². The molecule has 1 aliphatic carbocycles. The smallest absolute Gasteiger partial charge is 0.303 e. The molecule has 3 heteroatoms. The number of fused-ring (bicyclic) bond motifs is 1. The van der Waals surface area contributed by atoms with E-state index in [9.17, 15) is 4.79 Å². The van der Waals surface area contributed by atoms with Gasteiger partial charge in [-0.25, -0.2) is 0 Å². The number of ether oxygens (including phenoxy) is 1. The highest BCUT2D eigenvalue weighted by molar-refractivity contribution is 8.00. The quantitative estimate of drug-likeness (QED) is 0.694. The molecule has 2 fully saturated rings. The molecule has 1 saturated carbocycles. The number of rotatable bonds is 2. The molecule has 0 aromatic heterocycles. The SMILES string of the molecule is CC[C@H]1SC(OC(C)=O)[C@@H]2CC(C)(C)C[C@H]12. The Bertz CT molecular complexity index is 288. The fourth-order valence-electron chi connectivity index (χ4n) is 3.42. The van der Waals surface area contributed by atoms with Gasteiger partial charge in [0, 0.05) is 18.1 Å². The maximum Gasteiger partial charge on any atom is 0.303 e. The van der Waals surface area contributed by atoms with E-state index in [1.807, 2.05) is 11.8 Å². The molecule has 16 heavy (non-hydrogen) atoms. The van der Waals surface area contributed by atoms with Crippen LogP contribution in [-0.2, 0) is 9.53 Å². The zero-order valence-corrected chi connectivity index (χ0v) is 11.5. The molecule has 0 bridgehead atoms. The van der Waals surface area contributed by atoms with Crippen LogP contribution in [0.2, 0.25) is 0 Å². The molecule has 4 atom stereocenters. The molecule has 2 aliphatic rings. The lowest BCUT2D eigenvalue weighted by Crippen LogP contribution is -2.20. The Balaban J connectivity index is 2.11. The Hall–Kier alpha value is -0.180. The van der Waals surface area contributed by atoms with Crippen LogP contribution < -0.4 is 0 Å². The van der Waals surface area contributed by atoms with Gasteiger partial charge in [0.1, 0.15) is 0 Å². The van der Waals surface area contributed by atoms with Gasteiger partial charge in [0.2, 0.25) is 0 Å². The predicted molar refractivity (Wildman–Crippen MR) is 67.2 cm³/mol. The van der Waals surface area contributed by atoms with E-state index >= 15 is 0 Å². The van der Waals surface area contributed by atoms with Gasteiger partial charge in [0.25, 0.3) is 0 Å². The first-order valence-electron chi connectivity index (χ1n) is 6.25. The third-order valence-corrected chi connectivity index (χ3v) is 5.69. The lowest BCUT2D eigenvalue weighted by atomic mass is 9.89. The van der Waals surface area contributed by atoms with Crippen molar-refractivity contribution in [3.63, 3.8) is 0 Å². The minimum atomic E-state index is -0.127. The van der Waals surface area contributed by atoms with Gasteiger partial charge in [0.15, 0.2) is 5.44 Å². The van der Waals surface area contributed by atoms with E-state index in [0.29, 0.717) is 16.6 Å². The molecule has 0 N–H and O–H groups in total. The highest BCUT2D eigenvalue weighted by atomic mass is 32.2. The van der Waals surface area contributed by atoms with E-state index in [1.54, 1.807) is 0 Å². The van der Waals surface area contributed by atoms with Crippen molar-refractivity contribution < 1.29 is 9.53 Å². The van der Waals surface area contributed by atoms with E-state index < -0.39 is 0 Å². The van der Waals surface area contributed by atoms with Crippen molar-refractivity contribution in [3.05, 3.63) is 0 Å². The number of thioether (sulfide) groups is 1. The second-order valence-corrected chi connectivity index (χ2v) is 7.30. The van der Waals surface area contributed by atoms with Crippen molar-refractivity contribution in [2.75, 3.05) is 0 Å². The van der Waals surface area contributed by atoms with Gasteiger partial charge in [-0.3, -0.25) is 4.79 Å². The highest BCUT2D eigenvalue weighted by Gasteiger charge is 2.52. The maximum atomic E-state index is 11.1. The monoisotopic (exact) mass is 242 g/mol. The standard InChI is InChI=1S/C13H22O2S/c1-5-11-9-6-13(3,4)7-10(9)12(16-11)15-8(2)14/h9-12H,5-7H2,1-4H3/t9-,10+,11+,12?/m0/s1. The molecule has 1 unspecified atom stereocenters. The molecule has 0 aromatic carbocycles. The first-order chi connectivity index (χ1) is 7.43. The molecule has 1 aliphatic heterocycles. The van der Waals surface area contributed by atoms with Crippen molar-refractivity contribution >= 4 is 17.7 Å². The summed E-state index contributed by atoms with van der Waals surface area (Å²) < 4.78 is 5.47. The minimum absolute atomic E-state index is 0.120. The van der Waals surface area contributed by atoms with E-state index in [2.05, 4.69) is 20.8 Å². The number of hydrogen-bond donors (Lipinski definition) is 0. The van der Waals surface area contributed by atoms with Crippen LogP contribution in [-0.4, -0.2) is 16.7 Å². The molecule has 0 aromatic rings. The second kappa shape index (κ2) is 4.25. The number of carbonyl (C=O) groups excluding carboxylic acids is 1. The summed E-state index contributed by atoms with van der Waals surface area (Å²) in [7, 11) is 0. The van der Waals surface area contributed by atoms with Gasteiger partial charge in [-0.05, 0) is 30.6 Å². The normalized spacial score (nSPS) is 40.8. The Labute approximate surface area is 103 Å². The Morgan fingerprint density at radius 2 is 2.00 bits per heavy atom. The van der Waals surface area contributed by atoms with Crippen molar-refractivity contribution in [3.8, 4) is 0 Å². The molecular weight excluding hydrogens is 220 g/mol. The van der Waals surface area contributed by atoms with Crippen LogP contribution in [0.1, 0.15) is 47.0 Å². The van der Waals surface area contributed by atoms with Crippen LogP contribution in [0, 0.1) is 17.3 Å². The molecule has 0 amide bonds. The van der Waals surface area contributed by atoms with Crippen LogP contribution in [0.5, 0.6) is 0 Å². The zero-order valence-electron chi connectivity index (χ0n) is 10.7. The molecule has 2 rings (SSSR count). The van der Waals surface area contributed by atoms with E-state index in [4.69, 9.17) is 4.74 Å². The van der Waals surface area contributed by atoms with Crippen molar-refractivity contribution in [2.24, 2.45) is 17.3 Å². The van der Waals surface area contributed by atoms with Gasteiger partial charge in [-0.15, -0.1) is 11.8 Å². The third-order valence-electron chi connectivity index (χ3n) is 3.95. The highest BCUT2D eigenvalue weighted by Crippen LogP contribution is 2.58. The molecule has 2 nitrogen and oxygen atoms in total. The Morgan fingerprint density at radius 3 is 2.56 bits per heavy atom. The topological polar surface area (TPSA) is 26.3 Å². The third kappa shape index (κ3) is 2.24. The summed E-state index contributed by atoms with van der Waals surface area (Å²) in [6.45, 7) is 8.45. The number of carbonyl (C=O) groups is 1. The van der Waals surface area contributed by atoms with Gasteiger partial charge < -0.3 is 4.74 Å². The van der Waals surface area contributed by atoms with Gasteiger partial charge in [0.05, 0.1) is 0 Å². The van der Waals surface area contributed by atoms with Crippen LogP contribution in [0.15, 0.2) is 0 Å². The molecule has 0 radical (unpaired) electrons. The average molecular weight is 242 g/mol. The van der Waals surface area contributed by atoms with Crippen molar-refractivity contribution in [2.45, 2.75) is 57.6 Å². The fraction of sp³-hybridized carbons (Fsp3) is 0.923. The number of hydrogen-bond acceptors (Lipinski definition) is 3. The second-order valence-electron chi connectivity index (χ2n) is 5.96. The fourth-order valence-corrected chi connectivity index (χ4v) is 5.15. The van der Waals surface area contributed by atoms with Crippen molar-refractivity contribution in [1.82, 2.24) is 0 Å². The van der Waals surface area contributed by atoms with Gasteiger partial charge in [-0.2, -0.15) is 0 Å². The summed E-state index contributed by atoms with van der Waals surface area (Å²) in [6.07, 6.45) is 3.69. The molecular formula is C13H22O2S. The average Bonchev–Trinajstić information content (AvgIpc) is 2.60. The van der Waals surface area contributed by atoms with Crippen LogP contribution in [0.3, 0.4) is 0 Å². The Kier molecular flexibility index (Phi) is 3.26. The summed E-state index contributed by atoms with van der Waals surface area (Å²) in [5.41, 5.74) is 0.552. The van der Waals surface area contributed by atoms with E-state index in [0.717, 1.165) is 5.92 Å².